The molecule has 3 N–H and O–H groups in total. The molecule has 1 aromatic carbocycles. The number of aromatic nitrogens is 1. The zero-order valence-electron chi connectivity index (χ0n) is 19.9. The maximum atomic E-state index is 12.6. The summed E-state index contributed by atoms with van der Waals surface area (Å²) in [6.45, 7) is 7.57. The van der Waals surface area contributed by atoms with Crippen LogP contribution in [-0.4, -0.2) is 61.4 Å². The van der Waals surface area contributed by atoms with E-state index in [-0.39, 0.29) is 16.1 Å². The second kappa shape index (κ2) is 13.5. The SMILES string of the molecule is CCCCN(CC)c1ncc(NS(=O)(=O)c2ccc(OCC)cc2)cc1C(=O)O.O=C(O)C(F)(F)F. The number of halogens is 3. The van der Waals surface area contributed by atoms with Crippen LogP contribution in [0, 0.1) is 0 Å². The highest BCUT2D eigenvalue weighted by molar-refractivity contribution is 7.92. The highest BCUT2D eigenvalue weighted by Gasteiger charge is 2.38. The van der Waals surface area contributed by atoms with E-state index < -0.39 is 28.1 Å². The van der Waals surface area contributed by atoms with E-state index in [1.54, 1.807) is 12.1 Å². The Kier molecular flexibility index (Phi) is 11.4. The number of nitrogens with zero attached hydrogens (tertiary/aromatic N) is 2. The van der Waals surface area contributed by atoms with E-state index in [4.69, 9.17) is 14.6 Å². The van der Waals surface area contributed by atoms with Crippen LogP contribution in [0.15, 0.2) is 41.4 Å². The normalized spacial score (nSPS) is 11.2. The van der Waals surface area contributed by atoms with Crippen LogP contribution in [0.4, 0.5) is 24.7 Å². The molecule has 10 nitrogen and oxygen atoms in total. The minimum Gasteiger partial charge on any atom is -0.494 e. The molecule has 0 aliphatic carbocycles. The lowest BCUT2D eigenvalue weighted by atomic mass is 10.2. The number of anilines is 2. The second-order valence-electron chi connectivity index (χ2n) is 7.15. The Morgan fingerprint density at radius 3 is 2.14 bits per heavy atom. The second-order valence-corrected chi connectivity index (χ2v) is 8.83. The van der Waals surface area contributed by atoms with Crippen LogP contribution in [0.2, 0.25) is 0 Å². The lowest BCUT2D eigenvalue weighted by molar-refractivity contribution is -0.192. The number of ether oxygens (including phenoxy) is 1. The van der Waals surface area contributed by atoms with Gasteiger partial charge >= 0.3 is 18.1 Å². The number of aromatic carboxylic acids is 1. The summed E-state index contributed by atoms with van der Waals surface area (Å²) in [5.41, 5.74) is 0.0430. The van der Waals surface area contributed by atoms with Gasteiger partial charge in [-0.3, -0.25) is 4.72 Å². The van der Waals surface area contributed by atoms with E-state index >= 15 is 0 Å². The molecule has 2 rings (SSSR count). The number of rotatable bonds is 11. The molecule has 0 atom stereocenters. The monoisotopic (exact) mass is 535 g/mol. The highest BCUT2D eigenvalue weighted by atomic mass is 32.2. The van der Waals surface area contributed by atoms with Gasteiger partial charge in [0.25, 0.3) is 10.0 Å². The Balaban J connectivity index is 0.000000809. The number of unbranched alkanes of at least 4 members (excludes halogenated alkanes) is 1. The first-order valence-electron chi connectivity index (χ1n) is 10.8. The number of hydrogen-bond donors (Lipinski definition) is 3. The third kappa shape index (κ3) is 9.24. The Bertz CT molecular complexity index is 1120. The van der Waals surface area contributed by atoms with Crippen molar-refractivity contribution in [2.75, 3.05) is 29.3 Å². The van der Waals surface area contributed by atoms with Crippen LogP contribution in [0.25, 0.3) is 0 Å². The Morgan fingerprint density at radius 1 is 1.11 bits per heavy atom. The molecular formula is C22H28F3N3O7S. The third-order valence-electron chi connectivity index (χ3n) is 4.50. The summed E-state index contributed by atoms with van der Waals surface area (Å²) >= 11 is 0. The summed E-state index contributed by atoms with van der Waals surface area (Å²) in [5, 5.41) is 16.7. The molecule has 0 aliphatic heterocycles. The molecule has 0 spiro atoms. The highest BCUT2D eigenvalue weighted by Crippen LogP contribution is 2.24. The van der Waals surface area contributed by atoms with Crippen molar-refractivity contribution < 1.29 is 46.1 Å². The predicted octanol–water partition coefficient (Wildman–Crippen LogP) is 4.24. The van der Waals surface area contributed by atoms with Gasteiger partial charge in [-0.1, -0.05) is 13.3 Å². The van der Waals surface area contributed by atoms with E-state index in [1.807, 2.05) is 18.7 Å². The van der Waals surface area contributed by atoms with E-state index in [2.05, 4.69) is 16.6 Å². The van der Waals surface area contributed by atoms with Gasteiger partial charge in [0.1, 0.15) is 17.1 Å². The van der Waals surface area contributed by atoms with Crippen LogP contribution < -0.4 is 14.4 Å². The number of sulfonamides is 1. The number of benzene rings is 1. The molecule has 0 radical (unpaired) electrons. The van der Waals surface area contributed by atoms with Crippen LogP contribution in [-0.2, 0) is 14.8 Å². The first-order valence-corrected chi connectivity index (χ1v) is 12.3. The summed E-state index contributed by atoms with van der Waals surface area (Å²) in [6, 6.07) is 7.28. The molecule has 0 aliphatic rings. The van der Waals surface area contributed by atoms with Gasteiger partial charge in [0.05, 0.1) is 23.4 Å². The molecule has 14 heteroatoms. The van der Waals surface area contributed by atoms with E-state index in [0.29, 0.717) is 31.3 Å². The average Bonchev–Trinajstić information content (AvgIpc) is 2.80. The molecule has 2 aromatic rings. The number of alkyl halides is 3. The van der Waals surface area contributed by atoms with Gasteiger partial charge in [-0.15, -0.1) is 0 Å². The van der Waals surface area contributed by atoms with Gasteiger partial charge < -0.3 is 19.8 Å². The summed E-state index contributed by atoms with van der Waals surface area (Å²) in [6.07, 6.45) is -1.87. The van der Waals surface area contributed by atoms with Crippen LogP contribution in [0.5, 0.6) is 5.75 Å². The van der Waals surface area contributed by atoms with Crippen LogP contribution >= 0.6 is 0 Å². The van der Waals surface area contributed by atoms with Crippen LogP contribution in [0.3, 0.4) is 0 Å². The molecule has 0 unspecified atom stereocenters. The molecule has 0 saturated heterocycles. The molecule has 1 aromatic heterocycles. The summed E-state index contributed by atoms with van der Waals surface area (Å²) < 4.78 is 64.7. The number of hydrogen-bond acceptors (Lipinski definition) is 7. The molecule has 36 heavy (non-hydrogen) atoms. The minimum atomic E-state index is -5.08. The van der Waals surface area contributed by atoms with E-state index in [1.165, 1.54) is 24.4 Å². The topological polar surface area (TPSA) is 146 Å². The van der Waals surface area contributed by atoms with Gasteiger partial charge in [-0.05, 0) is 50.6 Å². The lowest BCUT2D eigenvalue weighted by Gasteiger charge is -2.23. The van der Waals surface area contributed by atoms with Crippen molar-refractivity contribution >= 4 is 33.5 Å². The van der Waals surface area contributed by atoms with Gasteiger partial charge in [-0.25, -0.2) is 23.0 Å². The first-order chi connectivity index (χ1) is 16.8. The largest absolute Gasteiger partial charge is 0.494 e. The number of nitrogens with one attached hydrogen (secondary N) is 1. The molecule has 1 heterocycles. The smallest absolute Gasteiger partial charge is 0.490 e. The standard InChI is InChI=1S/C20H27N3O5S.C2HF3O2/c1-4-7-12-23(5-2)19-18(20(24)25)13-15(14-21-19)22-29(26,27)17-10-8-16(9-11-17)28-6-3;3-2(4,5)1(6)7/h8-11,13-14,22H,4-7,12H2,1-3H3,(H,24,25);(H,6,7). The fourth-order valence-electron chi connectivity index (χ4n) is 2.78. The molecule has 0 fully saturated rings. The van der Waals surface area contributed by atoms with E-state index in [0.717, 1.165) is 12.8 Å². The zero-order chi connectivity index (χ0) is 27.5. The number of carbonyl (C=O) groups is 2. The van der Waals surface area contributed by atoms with Crippen molar-refractivity contribution in [3.63, 3.8) is 0 Å². The van der Waals surface area contributed by atoms with Crippen molar-refractivity contribution in [3.05, 3.63) is 42.1 Å². The van der Waals surface area contributed by atoms with E-state index in [9.17, 15) is 31.5 Å². The molecule has 200 valence electrons. The van der Waals surface area contributed by atoms with Crippen molar-refractivity contribution in [1.82, 2.24) is 4.98 Å². The number of carboxylic acid groups (broad SMARTS) is 2. The van der Waals surface area contributed by atoms with Gasteiger partial charge in [0.15, 0.2) is 0 Å². The van der Waals surface area contributed by atoms with Crippen molar-refractivity contribution in [2.24, 2.45) is 0 Å². The van der Waals surface area contributed by atoms with Crippen molar-refractivity contribution in [1.29, 1.82) is 0 Å². The summed E-state index contributed by atoms with van der Waals surface area (Å²) in [5.74, 6) is -3.02. The fourth-order valence-corrected chi connectivity index (χ4v) is 3.82. The maximum absolute atomic E-state index is 12.6. The lowest BCUT2D eigenvalue weighted by Crippen LogP contribution is -2.27. The van der Waals surface area contributed by atoms with Gasteiger partial charge in [0.2, 0.25) is 0 Å². The summed E-state index contributed by atoms with van der Waals surface area (Å²) in [7, 11) is -3.89. The maximum Gasteiger partial charge on any atom is 0.490 e. The molecule has 0 saturated carbocycles. The van der Waals surface area contributed by atoms with Crippen molar-refractivity contribution in [3.8, 4) is 5.75 Å². The zero-order valence-corrected chi connectivity index (χ0v) is 20.7. The minimum absolute atomic E-state index is 0.0417. The Morgan fingerprint density at radius 2 is 1.69 bits per heavy atom. The number of aliphatic carboxylic acids is 1. The summed E-state index contributed by atoms with van der Waals surface area (Å²) in [4.78, 5) is 26.8. The number of carboxylic acids is 2. The first kappa shape index (κ1) is 30.5. The Labute approximate surface area is 206 Å². The molecular weight excluding hydrogens is 507 g/mol. The van der Waals surface area contributed by atoms with Crippen LogP contribution in [0.1, 0.15) is 44.0 Å². The van der Waals surface area contributed by atoms with Crippen molar-refractivity contribution in [2.45, 2.75) is 44.7 Å². The predicted molar refractivity (Wildman–Crippen MR) is 126 cm³/mol. The molecule has 0 amide bonds. The average molecular weight is 536 g/mol. The number of pyridine rings is 1. The van der Waals surface area contributed by atoms with Gasteiger partial charge in [0, 0.05) is 13.1 Å². The Hall–Kier alpha value is -3.55. The molecule has 0 bridgehead atoms. The fraction of sp³-hybridized carbons (Fsp3) is 0.409. The third-order valence-corrected chi connectivity index (χ3v) is 5.90. The quantitative estimate of drug-likeness (QED) is 0.384. The van der Waals surface area contributed by atoms with Gasteiger partial charge in [-0.2, -0.15) is 13.2 Å².